The van der Waals surface area contributed by atoms with E-state index in [1.165, 1.54) is 18.1 Å². The van der Waals surface area contributed by atoms with Crippen LogP contribution in [0.1, 0.15) is 107 Å². The fourth-order valence-corrected chi connectivity index (χ4v) is 4.89. The first-order chi connectivity index (χ1) is 15.0. The highest BCUT2D eigenvalue weighted by Crippen LogP contribution is 2.37. The van der Waals surface area contributed by atoms with Gasteiger partial charge in [0, 0.05) is 24.3 Å². The molecule has 0 aliphatic heterocycles. The van der Waals surface area contributed by atoms with E-state index in [1.807, 2.05) is 26.8 Å². The molecule has 32 heavy (non-hydrogen) atoms. The van der Waals surface area contributed by atoms with Crippen LogP contribution >= 0.6 is 0 Å². The normalized spacial score (nSPS) is 17.0. The van der Waals surface area contributed by atoms with Crippen molar-refractivity contribution in [2.45, 2.75) is 99.8 Å². The van der Waals surface area contributed by atoms with Crippen molar-refractivity contribution in [2.24, 2.45) is 17.8 Å². The molecule has 0 fully saturated rings. The van der Waals surface area contributed by atoms with Crippen LogP contribution in [0.25, 0.3) is 0 Å². The number of ketones is 4. The highest BCUT2D eigenvalue weighted by atomic mass is 16.1. The molecule has 0 saturated heterocycles. The van der Waals surface area contributed by atoms with Crippen LogP contribution < -0.4 is 0 Å². The summed E-state index contributed by atoms with van der Waals surface area (Å²) in [4.78, 5) is 46.7. The SMILES string of the molecule is CCC(C)=O.CCCC(CC1CC(=O)c2c(C)ccc(C)c2C1)C(CC)C(=O)CC(C)=O. The van der Waals surface area contributed by atoms with Gasteiger partial charge in [-0.1, -0.05) is 45.7 Å². The van der Waals surface area contributed by atoms with Crippen molar-refractivity contribution in [1.82, 2.24) is 0 Å². The zero-order valence-corrected chi connectivity index (χ0v) is 21.2. The Hall–Kier alpha value is -2.10. The van der Waals surface area contributed by atoms with Gasteiger partial charge in [0.1, 0.15) is 17.3 Å². The molecule has 0 aromatic heterocycles. The van der Waals surface area contributed by atoms with Gasteiger partial charge in [-0.2, -0.15) is 0 Å². The summed E-state index contributed by atoms with van der Waals surface area (Å²) in [5.74, 6) is 1.02. The van der Waals surface area contributed by atoms with E-state index >= 15 is 0 Å². The number of aryl methyl sites for hydroxylation is 2. The molecule has 2 rings (SSSR count). The molecule has 178 valence electrons. The predicted molar refractivity (Wildman–Crippen MR) is 130 cm³/mol. The number of carbonyl (C=O) groups is 4. The summed E-state index contributed by atoms with van der Waals surface area (Å²) in [6.45, 7) is 13.2. The van der Waals surface area contributed by atoms with Gasteiger partial charge < -0.3 is 4.79 Å². The van der Waals surface area contributed by atoms with Gasteiger partial charge >= 0.3 is 0 Å². The Kier molecular flexibility index (Phi) is 11.7. The fraction of sp³-hybridized carbons (Fsp3) is 0.643. The van der Waals surface area contributed by atoms with Gasteiger partial charge in [-0.3, -0.25) is 14.4 Å². The van der Waals surface area contributed by atoms with Crippen LogP contribution in [-0.2, 0) is 20.8 Å². The summed E-state index contributed by atoms with van der Waals surface area (Å²) in [5.41, 5.74) is 4.40. The van der Waals surface area contributed by atoms with Crippen LogP contribution in [0.2, 0.25) is 0 Å². The minimum absolute atomic E-state index is 0.0451. The molecule has 4 nitrogen and oxygen atoms in total. The molecule has 4 heteroatoms. The Bertz CT molecular complexity index is 821. The number of fused-ring (bicyclic) bond motifs is 1. The lowest BCUT2D eigenvalue weighted by atomic mass is 9.71. The Labute approximate surface area is 194 Å². The maximum absolute atomic E-state index is 12.8. The molecule has 1 aromatic rings. The maximum Gasteiger partial charge on any atom is 0.163 e. The van der Waals surface area contributed by atoms with Crippen LogP contribution in [0.3, 0.4) is 0 Å². The zero-order valence-electron chi connectivity index (χ0n) is 21.2. The van der Waals surface area contributed by atoms with Crippen LogP contribution in [0.5, 0.6) is 0 Å². The molecule has 1 aliphatic rings. The lowest BCUT2D eigenvalue weighted by molar-refractivity contribution is -0.130. The summed E-state index contributed by atoms with van der Waals surface area (Å²) in [7, 11) is 0. The Morgan fingerprint density at radius 2 is 1.56 bits per heavy atom. The Morgan fingerprint density at radius 1 is 0.969 bits per heavy atom. The first-order valence-corrected chi connectivity index (χ1v) is 12.2. The van der Waals surface area contributed by atoms with Crippen molar-refractivity contribution < 1.29 is 19.2 Å². The second kappa shape index (κ2) is 13.4. The van der Waals surface area contributed by atoms with E-state index in [9.17, 15) is 19.2 Å². The first kappa shape index (κ1) is 27.9. The van der Waals surface area contributed by atoms with Crippen molar-refractivity contribution in [3.63, 3.8) is 0 Å². The van der Waals surface area contributed by atoms with E-state index in [-0.39, 0.29) is 41.4 Å². The van der Waals surface area contributed by atoms with Gasteiger partial charge in [0.2, 0.25) is 0 Å². The van der Waals surface area contributed by atoms with E-state index in [0.717, 1.165) is 43.2 Å². The van der Waals surface area contributed by atoms with Crippen molar-refractivity contribution in [3.8, 4) is 0 Å². The van der Waals surface area contributed by atoms with E-state index in [1.54, 1.807) is 6.92 Å². The minimum atomic E-state index is -0.0658. The number of Topliss-reactive ketones (excluding diaryl/α,β-unsaturated/α-hetero) is 4. The van der Waals surface area contributed by atoms with Crippen LogP contribution in [-0.4, -0.2) is 23.1 Å². The monoisotopic (exact) mass is 442 g/mol. The highest BCUT2D eigenvalue weighted by molar-refractivity contribution is 6.00. The van der Waals surface area contributed by atoms with Crippen LogP contribution in [0, 0.1) is 31.6 Å². The molecule has 1 aromatic carbocycles. The average Bonchev–Trinajstić information content (AvgIpc) is 2.71. The summed E-state index contributed by atoms with van der Waals surface area (Å²) in [6.07, 6.45) is 5.88. The Balaban J connectivity index is 0.000000920. The number of benzene rings is 1. The van der Waals surface area contributed by atoms with E-state index in [4.69, 9.17) is 0 Å². The summed E-state index contributed by atoms with van der Waals surface area (Å²) in [6, 6.07) is 4.15. The lowest BCUT2D eigenvalue weighted by Crippen LogP contribution is -2.30. The third kappa shape index (κ3) is 8.11. The molecule has 0 radical (unpaired) electrons. The van der Waals surface area contributed by atoms with Gasteiger partial charge in [-0.05, 0) is 75.5 Å². The summed E-state index contributed by atoms with van der Waals surface area (Å²) < 4.78 is 0. The molecule has 1 aliphatic carbocycles. The van der Waals surface area contributed by atoms with Gasteiger partial charge in [0.05, 0.1) is 6.42 Å². The summed E-state index contributed by atoms with van der Waals surface area (Å²) >= 11 is 0. The van der Waals surface area contributed by atoms with E-state index < -0.39 is 0 Å². The van der Waals surface area contributed by atoms with Crippen LogP contribution in [0.15, 0.2) is 12.1 Å². The molecule has 3 atom stereocenters. The van der Waals surface area contributed by atoms with Gasteiger partial charge in [0.25, 0.3) is 0 Å². The van der Waals surface area contributed by atoms with Gasteiger partial charge in [-0.15, -0.1) is 0 Å². The molecule has 0 bridgehead atoms. The minimum Gasteiger partial charge on any atom is -0.300 e. The Morgan fingerprint density at radius 3 is 2.06 bits per heavy atom. The maximum atomic E-state index is 12.8. The number of hydrogen-bond donors (Lipinski definition) is 0. The van der Waals surface area contributed by atoms with Gasteiger partial charge in [-0.25, -0.2) is 0 Å². The van der Waals surface area contributed by atoms with Crippen molar-refractivity contribution in [2.75, 3.05) is 0 Å². The van der Waals surface area contributed by atoms with E-state index in [2.05, 4.69) is 19.9 Å². The van der Waals surface area contributed by atoms with E-state index in [0.29, 0.717) is 18.8 Å². The van der Waals surface area contributed by atoms with Gasteiger partial charge in [0.15, 0.2) is 5.78 Å². The molecule has 3 unspecified atom stereocenters. The number of rotatable bonds is 10. The third-order valence-electron chi connectivity index (χ3n) is 6.64. The quantitative estimate of drug-likeness (QED) is 0.392. The van der Waals surface area contributed by atoms with Crippen molar-refractivity contribution >= 4 is 23.1 Å². The smallest absolute Gasteiger partial charge is 0.163 e. The topological polar surface area (TPSA) is 68.3 Å². The largest absolute Gasteiger partial charge is 0.300 e. The molecule has 0 saturated carbocycles. The average molecular weight is 443 g/mol. The fourth-order valence-electron chi connectivity index (χ4n) is 4.89. The molecule has 0 heterocycles. The summed E-state index contributed by atoms with van der Waals surface area (Å²) in [5, 5.41) is 0. The lowest BCUT2D eigenvalue weighted by Gasteiger charge is -2.32. The predicted octanol–water partition coefficient (Wildman–Crippen LogP) is 6.41. The number of hydrogen-bond acceptors (Lipinski definition) is 4. The molecule has 0 N–H and O–H groups in total. The molecular formula is C28H42O4. The highest BCUT2D eigenvalue weighted by Gasteiger charge is 2.33. The second-order valence-corrected chi connectivity index (χ2v) is 9.45. The second-order valence-electron chi connectivity index (χ2n) is 9.45. The standard InChI is InChI=1S/C24H34O3.C4H8O/c1-6-8-19(20(7-2)22(26)11-17(5)25)12-18-13-21-15(3)9-10-16(4)24(21)23(27)14-18;1-3-4(2)5/h9-10,18-20H,6-8,11-14H2,1-5H3;3H2,1-2H3. The first-order valence-electron chi connectivity index (χ1n) is 12.2. The number of carbonyl (C=O) groups excluding carboxylic acids is 4. The van der Waals surface area contributed by atoms with Crippen molar-refractivity contribution in [1.29, 1.82) is 0 Å². The molecule has 0 amide bonds. The molecule has 0 spiro atoms. The van der Waals surface area contributed by atoms with Crippen LogP contribution in [0.4, 0.5) is 0 Å². The zero-order chi connectivity index (χ0) is 24.4. The molecular weight excluding hydrogens is 400 g/mol. The third-order valence-corrected chi connectivity index (χ3v) is 6.64. The van der Waals surface area contributed by atoms with Crippen molar-refractivity contribution in [3.05, 3.63) is 34.4 Å².